The summed E-state index contributed by atoms with van der Waals surface area (Å²) >= 11 is 3.19. The minimum absolute atomic E-state index is 0.463. The summed E-state index contributed by atoms with van der Waals surface area (Å²) in [7, 11) is 0. The highest BCUT2D eigenvalue weighted by atomic mass is 79.9. The van der Waals surface area contributed by atoms with Crippen LogP contribution >= 0.6 is 15.9 Å². The van der Waals surface area contributed by atoms with Gasteiger partial charge in [-0.15, -0.1) is 0 Å². The van der Waals surface area contributed by atoms with Crippen molar-refractivity contribution < 1.29 is 13.2 Å². The molecular formula is C8H5BrF3N2. The fraction of sp³-hybridized carbons (Fsp3) is 0.125. The third-order valence-corrected chi connectivity index (χ3v) is 1.74. The SMILES string of the molecule is FC(F)(F)/[C]=N/Nc1ccc(Br)cc1. The van der Waals surface area contributed by atoms with E-state index in [4.69, 9.17) is 0 Å². The average Bonchev–Trinajstić information content (AvgIpc) is 2.06. The molecule has 0 saturated heterocycles. The van der Waals surface area contributed by atoms with E-state index in [-0.39, 0.29) is 0 Å². The lowest BCUT2D eigenvalue weighted by Gasteiger charge is -2.00. The maximum atomic E-state index is 11.6. The molecule has 0 spiro atoms. The summed E-state index contributed by atoms with van der Waals surface area (Å²) in [5, 5.41) is 2.90. The summed E-state index contributed by atoms with van der Waals surface area (Å²) in [5.41, 5.74) is 2.66. The molecule has 0 bridgehead atoms. The van der Waals surface area contributed by atoms with Gasteiger partial charge in [0.25, 0.3) is 0 Å². The summed E-state index contributed by atoms with van der Waals surface area (Å²) in [4.78, 5) is 0. The largest absolute Gasteiger partial charge is 0.437 e. The number of hydrogen-bond acceptors (Lipinski definition) is 2. The summed E-state index contributed by atoms with van der Waals surface area (Å²) in [5.74, 6) is 0. The molecule has 0 atom stereocenters. The Bertz CT molecular complexity index is 318. The van der Waals surface area contributed by atoms with E-state index < -0.39 is 6.18 Å². The van der Waals surface area contributed by atoms with Crippen molar-refractivity contribution in [3.05, 3.63) is 28.7 Å². The zero-order chi connectivity index (χ0) is 10.6. The predicted octanol–water partition coefficient (Wildman–Crippen LogP) is 3.29. The van der Waals surface area contributed by atoms with E-state index in [1.54, 1.807) is 24.3 Å². The maximum absolute atomic E-state index is 11.6. The molecule has 1 radical (unpaired) electrons. The number of hydrazone groups is 1. The minimum Gasteiger partial charge on any atom is -0.278 e. The van der Waals surface area contributed by atoms with Crippen molar-refractivity contribution in [3.8, 4) is 0 Å². The number of rotatable bonds is 2. The van der Waals surface area contributed by atoms with Crippen molar-refractivity contribution in [2.75, 3.05) is 5.43 Å². The molecule has 0 fully saturated rings. The zero-order valence-corrected chi connectivity index (χ0v) is 8.35. The van der Waals surface area contributed by atoms with Crippen molar-refractivity contribution in [3.63, 3.8) is 0 Å². The lowest BCUT2D eigenvalue weighted by atomic mass is 10.3. The van der Waals surface area contributed by atoms with Gasteiger partial charge in [-0.1, -0.05) is 15.9 Å². The molecule has 6 heteroatoms. The van der Waals surface area contributed by atoms with Crippen LogP contribution in [0, 0.1) is 0 Å². The number of alkyl halides is 3. The Morgan fingerprint density at radius 3 is 2.29 bits per heavy atom. The first-order valence-electron chi connectivity index (χ1n) is 3.52. The van der Waals surface area contributed by atoms with E-state index in [1.165, 1.54) is 0 Å². The minimum atomic E-state index is -4.51. The molecule has 0 aromatic heterocycles. The Balaban J connectivity index is 2.54. The number of hydrogen-bond donors (Lipinski definition) is 1. The second kappa shape index (κ2) is 4.45. The Morgan fingerprint density at radius 2 is 1.79 bits per heavy atom. The molecule has 0 amide bonds. The summed E-state index contributed by atoms with van der Waals surface area (Å²) in [6.45, 7) is 0. The highest BCUT2D eigenvalue weighted by molar-refractivity contribution is 9.10. The second-order valence-electron chi connectivity index (χ2n) is 2.34. The quantitative estimate of drug-likeness (QED) is 0.644. The third-order valence-electron chi connectivity index (χ3n) is 1.21. The lowest BCUT2D eigenvalue weighted by Crippen LogP contribution is -2.09. The molecular weight excluding hydrogens is 261 g/mol. The molecule has 0 aliphatic heterocycles. The first kappa shape index (κ1) is 11.0. The van der Waals surface area contributed by atoms with Gasteiger partial charge in [-0.05, 0) is 24.3 Å². The van der Waals surface area contributed by atoms with E-state index in [0.29, 0.717) is 5.69 Å². The topological polar surface area (TPSA) is 24.4 Å². The number of halogens is 4. The summed E-state index contributed by atoms with van der Waals surface area (Å²) < 4.78 is 35.6. The Hall–Kier alpha value is -1.04. The van der Waals surface area contributed by atoms with Gasteiger partial charge in [0, 0.05) is 4.47 Å². The Kier molecular flexibility index (Phi) is 3.51. The molecule has 0 heterocycles. The van der Waals surface area contributed by atoms with Crippen molar-refractivity contribution in [2.24, 2.45) is 5.10 Å². The van der Waals surface area contributed by atoms with Gasteiger partial charge in [-0.3, -0.25) is 5.43 Å². The Labute approximate surface area is 86.9 Å². The van der Waals surface area contributed by atoms with Crippen molar-refractivity contribution in [2.45, 2.75) is 6.18 Å². The van der Waals surface area contributed by atoms with Crippen LogP contribution in [-0.4, -0.2) is 12.4 Å². The first-order valence-corrected chi connectivity index (χ1v) is 4.32. The van der Waals surface area contributed by atoms with Gasteiger partial charge in [0.05, 0.1) is 5.69 Å². The molecule has 75 valence electrons. The van der Waals surface area contributed by atoms with Crippen LogP contribution in [0.15, 0.2) is 33.8 Å². The highest BCUT2D eigenvalue weighted by Gasteiger charge is 2.25. The van der Waals surface area contributed by atoms with Crippen molar-refractivity contribution >= 4 is 27.8 Å². The van der Waals surface area contributed by atoms with Crippen LogP contribution in [0.2, 0.25) is 0 Å². The van der Waals surface area contributed by atoms with Crippen LogP contribution in [0.3, 0.4) is 0 Å². The normalized spacial score (nSPS) is 12.0. The van der Waals surface area contributed by atoms with Crippen LogP contribution in [0.4, 0.5) is 18.9 Å². The monoisotopic (exact) mass is 265 g/mol. The molecule has 14 heavy (non-hydrogen) atoms. The molecule has 0 saturated carbocycles. The van der Waals surface area contributed by atoms with Crippen LogP contribution < -0.4 is 5.43 Å². The van der Waals surface area contributed by atoms with E-state index in [0.717, 1.165) is 10.7 Å². The van der Waals surface area contributed by atoms with Gasteiger partial charge in [-0.2, -0.15) is 18.3 Å². The fourth-order valence-electron chi connectivity index (χ4n) is 0.680. The van der Waals surface area contributed by atoms with Gasteiger partial charge in [0.1, 0.15) is 0 Å². The molecule has 1 N–H and O–H groups in total. The molecule has 1 rings (SSSR count). The van der Waals surface area contributed by atoms with E-state index in [1.807, 2.05) is 0 Å². The van der Waals surface area contributed by atoms with Gasteiger partial charge in [0.2, 0.25) is 0 Å². The molecule has 1 aromatic rings. The Morgan fingerprint density at radius 1 is 1.21 bits per heavy atom. The van der Waals surface area contributed by atoms with Crippen molar-refractivity contribution in [1.29, 1.82) is 0 Å². The summed E-state index contributed by atoms with van der Waals surface area (Å²) in [6.07, 6.45) is -3.52. The smallest absolute Gasteiger partial charge is 0.278 e. The van der Waals surface area contributed by atoms with Crippen molar-refractivity contribution in [1.82, 2.24) is 0 Å². The fourth-order valence-corrected chi connectivity index (χ4v) is 0.945. The third kappa shape index (κ3) is 4.27. The second-order valence-corrected chi connectivity index (χ2v) is 3.26. The van der Waals surface area contributed by atoms with Gasteiger partial charge >= 0.3 is 6.18 Å². The van der Waals surface area contributed by atoms with Gasteiger partial charge < -0.3 is 0 Å². The van der Waals surface area contributed by atoms with Crippen LogP contribution in [0.1, 0.15) is 0 Å². The van der Waals surface area contributed by atoms with Gasteiger partial charge in [0.15, 0.2) is 6.21 Å². The predicted molar refractivity (Wildman–Crippen MR) is 51.3 cm³/mol. The molecule has 0 unspecified atom stereocenters. The molecule has 2 nitrogen and oxygen atoms in total. The zero-order valence-electron chi connectivity index (χ0n) is 6.77. The molecule has 0 aliphatic rings. The highest BCUT2D eigenvalue weighted by Crippen LogP contribution is 2.15. The van der Waals surface area contributed by atoms with Gasteiger partial charge in [-0.25, -0.2) is 0 Å². The van der Waals surface area contributed by atoms with Crippen LogP contribution in [0.5, 0.6) is 0 Å². The first-order chi connectivity index (χ1) is 6.47. The number of benzene rings is 1. The van der Waals surface area contributed by atoms with E-state index in [9.17, 15) is 13.2 Å². The number of nitrogens with one attached hydrogen (secondary N) is 1. The summed E-state index contributed by atoms with van der Waals surface area (Å²) in [6, 6.07) is 6.55. The van der Waals surface area contributed by atoms with Crippen LogP contribution in [0.25, 0.3) is 0 Å². The number of nitrogens with zero attached hydrogens (tertiary/aromatic N) is 1. The maximum Gasteiger partial charge on any atom is 0.437 e. The van der Waals surface area contributed by atoms with E-state index in [2.05, 4.69) is 26.5 Å². The van der Waals surface area contributed by atoms with E-state index >= 15 is 0 Å². The molecule has 1 aromatic carbocycles. The number of anilines is 1. The average molecular weight is 266 g/mol. The molecule has 0 aliphatic carbocycles. The van der Waals surface area contributed by atoms with Crippen LogP contribution in [-0.2, 0) is 0 Å². The lowest BCUT2D eigenvalue weighted by molar-refractivity contribution is -0.0536. The standard InChI is InChI=1S/C8H5BrF3N2/c9-6-1-3-7(4-2-6)14-13-5-8(10,11)12/h1-4,14H.